The zero-order valence-electron chi connectivity index (χ0n) is 20.2. The number of thiazole rings is 1. The van der Waals surface area contributed by atoms with Gasteiger partial charge in [-0.1, -0.05) is 12.1 Å². The highest BCUT2D eigenvalue weighted by molar-refractivity contribution is 7.18. The molecule has 0 spiro atoms. The minimum absolute atomic E-state index is 0.0575. The van der Waals surface area contributed by atoms with E-state index in [2.05, 4.69) is 59.3 Å². The number of hydrogen-bond donors (Lipinski definition) is 0. The minimum Gasteiger partial charge on any atom is -0.378 e. The number of likely N-dealkylation sites (N-methyl/N-ethyl adjacent to an activating group) is 1. The van der Waals surface area contributed by atoms with E-state index >= 15 is 0 Å². The van der Waals surface area contributed by atoms with Crippen molar-refractivity contribution in [3.63, 3.8) is 0 Å². The molecule has 35 heavy (non-hydrogen) atoms. The van der Waals surface area contributed by atoms with Crippen molar-refractivity contribution in [3.8, 4) is 11.1 Å². The highest BCUT2D eigenvalue weighted by Gasteiger charge is 2.21. The van der Waals surface area contributed by atoms with Gasteiger partial charge < -0.3 is 14.6 Å². The van der Waals surface area contributed by atoms with Gasteiger partial charge in [-0.25, -0.2) is 14.5 Å². The first-order chi connectivity index (χ1) is 17.0. The van der Waals surface area contributed by atoms with E-state index in [-0.39, 0.29) is 5.69 Å². The molecule has 1 saturated heterocycles. The van der Waals surface area contributed by atoms with E-state index in [0.717, 1.165) is 56.6 Å². The zero-order valence-corrected chi connectivity index (χ0v) is 21.0. The summed E-state index contributed by atoms with van der Waals surface area (Å²) in [6.07, 6.45) is 2.75. The average Bonchev–Trinajstić information content (AvgIpc) is 3.40. The molecule has 1 aliphatic rings. The van der Waals surface area contributed by atoms with Crippen molar-refractivity contribution in [1.29, 1.82) is 0 Å². The highest BCUT2D eigenvalue weighted by atomic mass is 32.1. The molecule has 3 aromatic heterocycles. The molecule has 0 radical (unpaired) electrons. The predicted molar refractivity (Wildman–Crippen MR) is 142 cm³/mol. The maximum atomic E-state index is 13.2. The zero-order chi connectivity index (χ0) is 24.1. The van der Waals surface area contributed by atoms with Gasteiger partial charge in [0, 0.05) is 25.4 Å². The number of aryl methyl sites for hydroxylation is 1. The van der Waals surface area contributed by atoms with E-state index in [9.17, 15) is 4.79 Å². The van der Waals surface area contributed by atoms with Crippen LogP contribution in [-0.2, 0) is 18.2 Å². The molecule has 0 aliphatic carbocycles. The Labute approximate surface area is 207 Å². The molecular weight excluding hydrogens is 460 g/mol. The normalized spacial score (nSPS) is 14.7. The number of nitrogens with zero attached hydrogens (tertiary/aromatic N) is 6. The van der Waals surface area contributed by atoms with Gasteiger partial charge in [-0.15, -0.1) is 11.3 Å². The van der Waals surface area contributed by atoms with Gasteiger partial charge in [0.05, 0.1) is 58.8 Å². The standard InChI is InChI=1S/C26H28N6O2S/c1-29(2)9-8-24-28-21-7-5-18(15-23(21)35-24)17-4-6-20-19(14-17)25-22(16-27-20)30(3)26(33)32(25)31-10-12-34-13-11-31/h4-7,14-16H,8-13H2,1-3H3. The second kappa shape index (κ2) is 8.75. The Morgan fingerprint density at radius 1 is 1.06 bits per heavy atom. The molecule has 0 atom stereocenters. The molecule has 0 unspecified atom stereocenters. The van der Waals surface area contributed by atoms with Crippen LogP contribution in [0.25, 0.3) is 43.3 Å². The van der Waals surface area contributed by atoms with Crippen LogP contribution < -0.4 is 10.7 Å². The van der Waals surface area contributed by atoms with Crippen LogP contribution >= 0.6 is 11.3 Å². The van der Waals surface area contributed by atoms with Crippen molar-refractivity contribution in [2.24, 2.45) is 7.05 Å². The first kappa shape index (κ1) is 22.2. The van der Waals surface area contributed by atoms with Gasteiger partial charge in [-0.05, 0) is 49.5 Å². The number of hydrogen-bond acceptors (Lipinski definition) is 7. The third kappa shape index (κ3) is 3.89. The van der Waals surface area contributed by atoms with E-state index < -0.39 is 0 Å². The Morgan fingerprint density at radius 3 is 2.57 bits per heavy atom. The van der Waals surface area contributed by atoms with Crippen molar-refractivity contribution >= 4 is 43.5 Å². The molecule has 180 valence electrons. The molecule has 2 aromatic carbocycles. The lowest BCUT2D eigenvalue weighted by molar-refractivity contribution is 0.111. The Bertz CT molecular complexity index is 1610. The number of imidazole rings is 1. The molecule has 0 amide bonds. The second-order valence-corrected chi connectivity index (χ2v) is 10.4. The molecule has 0 N–H and O–H groups in total. The van der Waals surface area contributed by atoms with Crippen LogP contribution in [0.1, 0.15) is 5.01 Å². The molecule has 9 heteroatoms. The van der Waals surface area contributed by atoms with Crippen LogP contribution in [0, 0.1) is 0 Å². The van der Waals surface area contributed by atoms with Crippen molar-refractivity contribution in [2.75, 3.05) is 52.0 Å². The number of rotatable bonds is 5. The highest BCUT2D eigenvalue weighted by Crippen LogP contribution is 2.32. The summed E-state index contributed by atoms with van der Waals surface area (Å²) in [5, 5.41) is 4.22. The maximum absolute atomic E-state index is 13.2. The van der Waals surface area contributed by atoms with E-state index in [1.807, 2.05) is 17.8 Å². The summed E-state index contributed by atoms with van der Waals surface area (Å²) in [5.41, 5.74) is 5.82. The summed E-state index contributed by atoms with van der Waals surface area (Å²) in [6, 6.07) is 12.8. The van der Waals surface area contributed by atoms with Crippen LogP contribution in [0.15, 0.2) is 47.4 Å². The molecule has 4 heterocycles. The lowest BCUT2D eigenvalue weighted by atomic mass is 10.0. The van der Waals surface area contributed by atoms with Gasteiger partial charge >= 0.3 is 5.69 Å². The fourth-order valence-corrected chi connectivity index (χ4v) is 5.75. The molecule has 0 saturated carbocycles. The first-order valence-electron chi connectivity index (χ1n) is 11.9. The monoisotopic (exact) mass is 488 g/mol. The van der Waals surface area contributed by atoms with Crippen molar-refractivity contribution in [1.82, 2.24) is 24.1 Å². The summed E-state index contributed by atoms with van der Waals surface area (Å²) >= 11 is 1.76. The van der Waals surface area contributed by atoms with Crippen molar-refractivity contribution in [2.45, 2.75) is 6.42 Å². The fourth-order valence-electron chi connectivity index (χ4n) is 4.75. The van der Waals surface area contributed by atoms with Gasteiger partial charge in [0.25, 0.3) is 0 Å². The van der Waals surface area contributed by atoms with Crippen LogP contribution in [-0.4, -0.2) is 71.1 Å². The van der Waals surface area contributed by atoms with E-state index in [0.29, 0.717) is 26.3 Å². The van der Waals surface area contributed by atoms with Crippen molar-refractivity contribution in [3.05, 3.63) is 58.1 Å². The smallest absolute Gasteiger partial charge is 0.347 e. The summed E-state index contributed by atoms with van der Waals surface area (Å²) in [5.74, 6) is 0. The first-order valence-corrected chi connectivity index (χ1v) is 12.7. The number of morpholine rings is 1. The third-order valence-corrected chi connectivity index (χ3v) is 7.75. The Morgan fingerprint density at radius 2 is 1.80 bits per heavy atom. The van der Waals surface area contributed by atoms with Gasteiger partial charge in [-0.3, -0.25) is 9.55 Å². The molecular formula is C26H28N6O2S. The van der Waals surface area contributed by atoms with Crippen LogP contribution in [0.5, 0.6) is 0 Å². The maximum Gasteiger partial charge on any atom is 0.347 e. The lowest BCUT2D eigenvalue weighted by Crippen LogP contribution is -2.48. The van der Waals surface area contributed by atoms with Gasteiger partial charge in [0.2, 0.25) is 0 Å². The van der Waals surface area contributed by atoms with Gasteiger partial charge in [0.15, 0.2) is 0 Å². The average molecular weight is 489 g/mol. The molecule has 1 aliphatic heterocycles. The third-order valence-electron chi connectivity index (χ3n) is 6.67. The molecule has 0 bridgehead atoms. The molecule has 6 rings (SSSR count). The Hall–Kier alpha value is -3.27. The topological polar surface area (TPSA) is 68.4 Å². The number of ether oxygens (including phenoxy) is 1. The van der Waals surface area contributed by atoms with E-state index in [1.54, 1.807) is 22.1 Å². The summed E-state index contributed by atoms with van der Waals surface area (Å²) in [6.45, 7) is 3.58. The van der Waals surface area contributed by atoms with E-state index in [4.69, 9.17) is 9.72 Å². The Kier molecular flexibility index (Phi) is 5.55. The van der Waals surface area contributed by atoms with Crippen LogP contribution in [0.2, 0.25) is 0 Å². The second-order valence-electron chi connectivity index (χ2n) is 9.29. The minimum atomic E-state index is -0.0575. The SMILES string of the molecule is CN(C)CCc1nc2ccc(-c3ccc4ncc5c(c4c3)n(N3CCOCC3)c(=O)n5C)cc2s1. The number of benzene rings is 2. The quantitative estimate of drug-likeness (QED) is 0.378. The van der Waals surface area contributed by atoms with Gasteiger partial charge in [-0.2, -0.15) is 0 Å². The lowest BCUT2D eigenvalue weighted by Gasteiger charge is -2.29. The summed E-state index contributed by atoms with van der Waals surface area (Å²) in [4.78, 5) is 24.9. The molecule has 8 nitrogen and oxygen atoms in total. The Balaban J connectivity index is 1.48. The number of fused-ring (bicyclic) bond motifs is 4. The number of aromatic nitrogens is 4. The molecule has 1 fully saturated rings. The largest absolute Gasteiger partial charge is 0.378 e. The fraction of sp³-hybridized carbons (Fsp3) is 0.346. The van der Waals surface area contributed by atoms with Crippen LogP contribution in [0.4, 0.5) is 0 Å². The predicted octanol–water partition coefficient (Wildman–Crippen LogP) is 3.24. The van der Waals surface area contributed by atoms with Gasteiger partial charge in [0.1, 0.15) is 5.52 Å². The molecule has 5 aromatic rings. The summed E-state index contributed by atoms with van der Waals surface area (Å²) < 4.78 is 10.2. The number of pyridine rings is 1. The van der Waals surface area contributed by atoms with Crippen molar-refractivity contribution < 1.29 is 4.74 Å². The summed E-state index contributed by atoms with van der Waals surface area (Å²) in [7, 11) is 5.98. The van der Waals surface area contributed by atoms with Crippen LogP contribution in [0.3, 0.4) is 0 Å². The van der Waals surface area contributed by atoms with E-state index in [1.165, 1.54) is 4.70 Å².